The van der Waals surface area contributed by atoms with Gasteiger partial charge in [0.1, 0.15) is 5.75 Å². The van der Waals surface area contributed by atoms with Gasteiger partial charge in [0, 0.05) is 13.6 Å². The number of hydrogen-bond acceptors (Lipinski definition) is 3. The van der Waals surface area contributed by atoms with E-state index in [1.165, 1.54) is 31.3 Å². The largest absolute Gasteiger partial charge is 0.573 e. The van der Waals surface area contributed by atoms with Crippen LogP contribution in [0.15, 0.2) is 24.3 Å². The summed E-state index contributed by atoms with van der Waals surface area (Å²) in [7, 11) is 1.44. The first kappa shape index (κ1) is 11.8. The minimum atomic E-state index is -4.67. The summed E-state index contributed by atoms with van der Waals surface area (Å²) in [5.74, 6) is -0.271. The van der Waals surface area contributed by atoms with Gasteiger partial charge in [-0.05, 0) is 17.7 Å². The van der Waals surface area contributed by atoms with E-state index < -0.39 is 6.36 Å². The van der Waals surface area contributed by atoms with Gasteiger partial charge in [0.05, 0.1) is 0 Å². The fourth-order valence-corrected chi connectivity index (χ4v) is 1.06. The van der Waals surface area contributed by atoms with Crippen molar-refractivity contribution in [2.45, 2.75) is 12.9 Å². The fraction of sp³-hybridized carbons (Fsp3) is 0.333. The summed E-state index contributed by atoms with van der Waals surface area (Å²) >= 11 is 0. The van der Waals surface area contributed by atoms with E-state index in [0.717, 1.165) is 5.06 Å². The zero-order valence-electron chi connectivity index (χ0n) is 7.95. The number of hydrogen-bond donors (Lipinski definition) is 1. The van der Waals surface area contributed by atoms with Gasteiger partial charge in [-0.15, -0.1) is 13.2 Å². The molecule has 0 fully saturated rings. The molecule has 0 amide bonds. The van der Waals surface area contributed by atoms with E-state index in [9.17, 15) is 13.2 Å². The molecule has 15 heavy (non-hydrogen) atoms. The second kappa shape index (κ2) is 4.50. The molecule has 0 bridgehead atoms. The molecule has 0 saturated carbocycles. The highest BCUT2D eigenvalue weighted by atomic mass is 19.4. The number of halogens is 3. The number of ether oxygens (including phenoxy) is 1. The molecule has 0 aliphatic heterocycles. The minimum Gasteiger partial charge on any atom is -0.406 e. The number of hydroxylamine groups is 2. The average Bonchev–Trinajstić information content (AvgIpc) is 2.05. The Hall–Kier alpha value is -1.27. The van der Waals surface area contributed by atoms with E-state index in [4.69, 9.17) is 5.21 Å². The predicted octanol–water partition coefficient (Wildman–Crippen LogP) is 2.41. The van der Waals surface area contributed by atoms with Crippen LogP contribution in [0.2, 0.25) is 0 Å². The SMILES string of the molecule is CN(O)Cc1ccc(OC(F)(F)F)cc1. The highest BCUT2D eigenvalue weighted by Gasteiger charge is 2.30. The molecule has 3 nitrogen and oxygen atoms in total. The summed E-state index contributed by atoms with van der Waals surface area (Å²) in [5.41, 5.74) is 0.689. The molecule has 0 spiro atoms. The molecule has 1 rings (SSSR count). The van der Waals surface area contributed by atoms with Gasteiger partial charge in [-0.2, -0.15) is 5.06 Å². The quantitative estimate of drug-likeness (QED) is 0.795. The van der Waals surface area contributed by atoms with Gasteiger partial charge < -0.3 is 9.94 Å². The zero-order chi connectivity index (χ0) is 11.5. The molecule has 1 aromatic carbocycles. The van der Waals surface area contributed by atoms with E-state index >= 15 is 0 Å². The van der Waals surface area contributed by atoms with Gasteiger partial charge >= 0.3 is 6.36 Å². The summed E-state index contributed by atoms with van der Waals surface area (Å²) in [6.45, 7) is 0.242. The number of benzene rings is 1. The van der Waals surface area contributed by atoms with Crippen molar-refractivity contribution < 1.29 is 23.1 Å². The lowest BCUT2D eigenvalue weighted by Crippen LogP contribution is -2.17. The molecule has 0 unspecified atom stereocenters. The van der Waals surface area contributed by atoms with Crippen molar-refractivity contribution in [3.8, 4) is 5.75 Å². The number of nitrogens with zero attached hydrogens (tertiary/aromatic N) is 1. The minimum absolute atomic E-state index is 0.242. The highest BCUT2D eigenvalue weighted by Crippen LogP contribution is 2.22. The van der Waals surface area contributed by atoms with Crippen LogP contribution in [0, 0.1) is 0 Å². The Labute approximate surface area is 84.6 Å². The van der Waals surface area contributed by atoms with Gasteiger partial charge in [-0.1, -0.05) is 12.1 Å². The third-order valence-electron chi connectivity index (χ3n) is 1.57. The van der Waals surface area contributed by atoms with Crippen LogP contribution >= 0.6 is 0 Å². The molecule has 0 atom stereocenters. The van der Waals surface area contributed by atoms with Gasteiger partial charge in [-0.25, -0.2) is 0 Å². The zero-order valence-corrected chi connectivity index (χ0v) is 7.95. The van der Waals surface area contributed by atoms with Crippen LogP contribution in [0.5, 0.6) is 5.75 Å². The smallest absolute Gasteiger partial charge is 0.406 e. The molecule has 0 aromatic heterocycles. The first-order chi connectivity index (χ1) is 6.87. The van der Waals surface area contributed by atoms with Crippen molar-refractivity contribution >= 4 is 0 Å². The van der Waals surface area contributed by atoms with E-state index in [-0.39, 0.29) is 12.3 Å². The topological polar surface area (TPSA) is 32.7 Å². The van der Waals surface area contributed by atoms with Crippen LogP contribution in [0.1, 0.15) is 5.56 Å². The molecular formula is C9H10F3NO2. The van der Waals surface area contributed by atoms with Gasteiger partial charge in [-0.3, -0.25) is 0 Å². The third-order valence-corrected chi connectivity index (χ3v) is 1.57. The Morgan fingerprint density at radius 2 is 1.80 bits per heavy atom. The van der Waals surface area contributed by atoms with Gasteiger partial charge in [0.15, 0.2) is 0 Å². The summed E-state index contributed by atoms with van der Waals surface area (Å²) in [5, 5.41) is 9.81. The molecule has 6 heteroatoms. The first-order valence-electron chi connectivity index (χ1n) is 4.11. The van der Waals surface area contributed by atoms with Crippen LogP contribution < -0.4 is 4.74 Å². The van der Waals surface area contributed by atoms with Crippen molar-refractivity contribution in [1.82, 2.24) is 5.06 Å². The van der Waals surface area contributed by atoms with Crippen molar-refractivity contribution in [3.05, 3.63) is 29.8 Å². The second-order valence-corrected chi connectivity index (χ2v) is 3.01. The van der Waals surface area contributed by atoms with Crippen LogP contribution in [0.4, 0.5) is 13.2 Å². The maximum absolute atomic E-state index is 11.8. The molecule has 0 aliphatic rings. The summed E-state index contributed by atoms with van der Waals surface area (Å²) < 4.78 is 39.0. The Bertz CT molecular complexity index is 308. The Morgan fingerprint density at radius 1 is 1.27 bits per heavy atom. The van der Waals surface area contributed by atoms with Crippen LogP contribution in [0.3, 0.4) is 0 Å². The van der Waals surface area contributed by atoms with Crippen molar-refractivity contribution in [3.63, 3.8) is 0 Å². The summed E-state index contributed by atoms with van der Waals surface area (Å²) in [6.07, 6.45) is -4.67. The third kappa shape index (κ3) is 4.66. The van der Waals surface area contributed by atoms with Gasteiger partial charge in [0.2, 0.25) is 0 Å². The molecule has 0 heterocycles. The molecule has 0 aliphatic carbocycles. The van der Waals surface area contributed by atoms with Crippen molar-refractivity contribution in [1.29, 1.82) is 0 Å². The molecule has 84 valence electrons. The number of alkyl halides is 3. The number of rotatable bonds is 3. The van der Waals surface area contributed by atoms with Crippen LogP contribution in [0.25, 0.3) is 0 Å². The lowest BCUT2D eigenvalue weighted by molar-refractivity contribution is -0.274. The lowest BCUT2D eigenvalue weighted by Gasteiger charge is -2.10. The molecule has 1 N–H and O–H groups in total. The maximum Gasteiger partial charge on any atom is 0.573 e. The average molecular weight is 221 g/mol. The normalized spacial score (nSPS) is 11.9. The standard InChI is InChI=1S/C9H10F3NO2/c1-13(14)6-7-2-4-8(5-3-7)15-9(10,11)12/h2-5,14H,6H2,1H3. The molecule has 1 aromatic rings. The Morgan fingerprint density at radius 3 is 2.20 bits per heavy atom. The van der Waals surface area contributed by atoms with E-state index in [1.54, 1.807) is 0 Å². The summed E-state index contributed by atoms with van der Waals surface area (Å²) in [6, 6.07) is 5.31. The predicted molar refractivity (Wildman–Crippen MR) is 46.4 cm³/mol. The fourth-order valence-electron chi connectivity index (χ4n) is 1.06. The second-order valence-electron chi connectivity index (χ2n) is 3.01. The highest BCUT2D eigenvalue weighted by molar-refractivity contribution is 5.27. The van der Waals surface area contributed by atoms with Crippen LogP contribution in [-0.2, 0) is 6.54 Å². The Kier molecular flexibility index (Phi) is 3.54. The molecule has 0 saturated heterocycles. The van der Waals surface area contributed by atoms with E-state index in [0.29, 0.717) is 5.56 Å². The van der Waals surface area contributed by atoms with Crippen molar-refractivity contribution in [2.75, 3.05) is 7.05 Å². The molecular weight excluding hydrogens is 211 g/mol. The van der Waals surface area contributed by atoms with E-state index in [1.807, 2.05) is 0 Å². The monoisotopic (exact) mass is 221 g/mol. The summed E-state index contributed by atoms with van der Waals surface area (Å²) in [4.78, 5) is 0. The van der Waals surface area contributed by atoms with Crippen LogP contribution in [-0.4, -0.2) is 23.7 Å². The molecule has 0 radical (unpaired) electrons. The lowest BCUT2D eigenvalue weighted by atomic mass is 10.2. The Balaban J connectivity index is 2.64. The van der Waals surface area contributed by atoms with Gasteiger partial charge in [0.25, 0.3) is 0 Å². The van der Waals surface area contributed by atoms with Crippen molar-refractivity contribution in [2.24, 2.45) is 0 Å². The first-order valence-corrected chi connectivity index (χ1v) is 4.11. The maximum atomic E-state index is 11.8. The van der Waals surface area contributed by atoms with E-state index in [2.05, 4.69) is 4.74 Å².